The van der Waals surface area contributed by atoms with Gasteiger partial charge in [-0.15, -0.1) is 24.8 Å². The summed E-state index contributed by atoms with van der Waals surface area (Å²) in [4.78, 5) is 0. The molecule has 0 atom stereocenters. The summed E-state index contributed by atoms with van der Waals surface area (Å²) in [7, 11) is 0. The Balaban J connectivity index is 0.00000202. The SMILES string of the molecule is CC(C)(C)c1ccc2c(c1)-c1cc(C(C)(C)C)c[c]([Zr]([C]3=CC=CC3)=[C](c3ccccc3)c3ccccc3)c1C2.Cl.Cl. The van der Waals surface area contributed by atoms with Crippen LogP contribution in [0, 0.1) is 0 Å². The molecule has 0 spiro atoms. The van der Waals surface area contributed by atoms with Gasteiger partial charge in [-0.05, 0) is 0 Å². The summed E-state index contributed by atoms with van der Waals surface area (Å²) in [6, 6.07) is 34.9. The van der Waals surface area contributed by atoms with Crippen molar-refractivity contribution in [2.75, 3.05) is 0 Å². The zero-order valence-corrected chi connectivity index (χ0v) is 29.7. The Kier molecular flexibility index (Phi) is 9.89. The van der Waals surface area contributed by atoms with Crippen molar-refractivity contribution in [3.63, 3.8) is 0 Å². The van der Waals surface area contributed by atoms with Gasteiger partial charge in [0.2, 0.25) is 0 Å². The number of benzene rings is 4. The largest absolute Gasteiger partial charge is 0.147 e. The minimum atomic E-state index is -2.65. The van der Waals surface area contributed by atoms with Crippen LogP contribution in [0.3, 0.4) is 0 Å². The number of hydrogen-bond donors (Lipinski definition) is 0. The summed E-state index contributed by atoms with van der Waals surface area (Å²) in [5.41, 5.74) is 11.9. The van der Waals surface area contributed by atoms with Crippen LogP contribution >= 0.6 is 24.8 Å². The van der Waals surface area contributed by atoms with Crippen LogP contribution in [0.15, 0.2) is 113 Å². The van der Waals surface area contributed by atoms with Crippen LogP contribution in [0.1, 0.15) is 81.3 Å². The summed E-state index contributed by atoms with van der Waals surface area (Å²) >= 11 is -2.65. The molecule has 42 heavy (non-hydrogen) atoms. The van der Waals surface area contributed by atoms with E-state index in [1.54, 1.807) is 15.3 Å². The van der Waals surface area contributed by atoms with Crippen LogP contribution in [0.4, 0.5) is 0 Å². The summed E-state index contributed by atoms with van der Waals surface area (Å²) in [5, 5.41) is 0. The molecule has 4 aromatic rings. The van der Waals surface area contributed by atoms with E-state index < -0.39 is 21.3 Å². The van der Waals surface area contributed by atoms with Crippen LogP contribution < -0.4 is 3.27 Å². The average molecular weight is 673 g/mol. The number of rotatable bonds is 4. The monoisotopic (exact) mass is 670 g/mol. The van der Waals surface area contributed by atoms with Gasteiger partial charge < -0.3 is 0 Å². The molecule has 0 nitrogen and oxygen atoms in total. The molecule has 3 heteroatoms. The summed E-state index contributed by atoms with van der Waals surface area (Å²) in [6.45, 7) is 14.1. The first-order valence-electron chi connectivity index (χ1n) is 14.6. The predicted octanol–water partition coefficient (Wildman–Crippen LogP) is 10.1. The zero-order chi connectivity index (χ0) is 28.1. The van der Waals surface area contributed by atoms with Gasteiger partial charge in [-0.25, -0.2) is 0 Å². The molecule has 6 rings (SSSR count). The van der Waals surface area contributed by atoms with Crippen molar-refractivity contribution >= 4 is 31.3 Å². The normalized spacial score (nSPS) is 13.4. The van der Waals surface area contributed by atoms with Crippen molar-refractivity contribution in [2.45, 2.75) is 65.2 Å². The van der Waals surface area contributed by atoms with Crippen LogP contribution in [-0.2, 0) is 38.5 Å². The molecule has 0 saturated heterocycles. The van der Waals surface area contributed by atoms with Crippen molar-refractivity contribution < 1.29 is 21.3 Å². The van der Waals surface area contributed by atoms with Crippen molar-refractivity contribution in [1.29, 1.82) is 0 Å². The van der Waals surface area contributed by atoms with Crippen molar-refractivity contribution in [2.24, 2.45) is 0 Å². The van der Waals surface area contributed by atoms with Crippen molar-refractivity contribution in [3.8, 4) is 11.1 Å². The quantitative estimate of drug-likeness (QED) is 0.178. The Morgan fingerprint density at radius 1 is 0.643 bits per heavy atom. The van der Waals surface area contributed by atoms with Gasteiger partial charge in [0.05, 0.1) is 0 Å². The van der Waals surface area contributed by atoms with E-state index in [1.807, 2.05) is 0 Å². The molecule has 2 aliphatic rings. The Hall–Kier alpha value is -2.31. The first-order valence-corrected chi connectivity index (χ1v) is 18.3. The van der Waals surface area contributed by atoms with Crippen molar-refractivity contribution in [1.82, 2.24) is 0 Å². The molecule has 0 unspecified atom stereocenters. The van der Waals surface area contributed by atoms with E-state index in [0.29, 0.717) is 0 Å². The fraction of sp³-hybridized carbons (Fsp3) is 0.256. The maximum Gasteiger partial charge on any atom is -0.147 e. The zero-order valence-electron chi connectivity index (χ0n) is 25.6. The molecule has 0 saturated carbocycles. The summed E-state index contributed by atoms with van der Waals surface area (Å²) in [5.74, 6) is 0. The Bertz CT molecular complexity index is 1640. The first kappa shape index (κ1) is 32.6. The number of fused-ring (bicyclic) bond motifs is 3. The minimum absolute atomic E-state index is 0. The van der Waals surface area contributed by atoms with Gasteiger partial charge in [0.25, 0.3) is 0 Å². The topological polar surface area (TPSA) is 0 Å². The first-order chi connectivity index (χ1) is 19.1. The van der Waals surface area contributed by atoms with Crippen LogP contribution in [0.5, 0.6) is 0 Å². The minimum Gasteiger partial charge on any atom is -0.147 e. The van der Waals surface area contributed by atoms with E-state index in [1.165, 1.54) is 38.9 Å². The fourth-order valence-corrected chi connectivity index (χ4v) is 14.2. The smallest absolute Gasteiger partial charge is 0.147 e. The third-order valence-electron chi connectivity index (χ3n) is 8.49. The molecule has 0 radical (unpaired) electrons. The number of hydrogen-bond acceptors (Lipinski definition) is 0. The Morgan fingerprint density at radius 3 is 1.74 bits per heavy atom. The second-order valence-electron chi connectivity index (χ2n) is 13.4. The van der Waals surface area contributed by atoms with Gasteiger partial charge in [0, 0.05) is 0 Å². The molecule has 0 amide bonds. The molecule has 0 bridgehead atoms. The standard InChI is InChI=1S/C21H25.C13H10.C5H5.2ClH.Zr/c1-20(2,3)16-9-7-14-11-15-8-10-17(21(4,5)6)13-19(15)18(14)12-16;1-3-7-12(8-4-1)11-13-9-5-2-6-10-13;1-2-4-5-3-1;;;/h7,9-10,12-13H,11H2,1-6H3;1-10H;1-3H,4H2;2*1H;. The molecule has 0 aromatic heterocycles. The van der Waals surface area contributed by atoms with Gasteiger partial charge in [-0.2, -0.15) is 0 Å². The molecule has 216 valence electrons. The van der Waals surface area contributed by atoms with E-state index in [0.717, 1.165) is 12.8 Å². The van der Waals surface area contributed by atoms with E-state index in [4.69, 9.17) is 0 Å². The summed E-state index contributed by atoms with van der Waals surface area (Å²) < 4.78 is 4.93. The van der Waals surface area contributed by atoms with Crippen molar-refractivity contribution in [3.05, 3.63) is 146 Å². The van der Waals surface area contributed by atoms with Crippen LogP contribution in [-0.4, -0.2) is 3.21 Å². The second-order valence-corrected chi connectivity index (χ2v) is 19.4. The van der Waals surface area contributed by atoms with Gasteiger partial charge in [-0.1, -0.05) is 0 Å². The van der Waals surface area contributed by atoms with E-state index in [-0.39, 0.29) is 35.6 Å². The third kappa shape index (κ3) is 6.31. The molecule has 0 aliphatic heterocycles. The van der Waals surface area contributed by atoms with E-state index >= 15 is 0 Å². The molecule has 0 fully saturated rings. The maximum absolute atomic E-state index is 2.65. The van der Waals surface area contributed by atoms with Crippen LogP contribution in [0.2, 0.25) is 0 Å². The maximum atomic E-state index is 2.63. The third-order valence-corrected chi connectivity index (χ3v) is 16.0. The van der Waals surface area contributed by atoms with Crippen LogP contribution in [0.25, 0.3) is 11.1 Å². The van der Waals surface area contributed by atoms with Gasteiger partial charge in [0.1, 0.15) is 0 Å². The van der Waals surface area contributed by atoms with Gasteiger partial charge >= 0.3 is 250 Å². The molecule has 0 N–H and O–H groups in total. The number of allylic oxidation sites excluding steroid dienone is 4. The Morgan fingerprint density at radius 2 is 1.21 bits per heavy atom. The Labute approximate surface area is 273 Å². The van der Waals surface area contributed by atoms with E-state index in [2.05, 4.69) is 151 Å². The summed E-state index contributed by atoms with van der Waals surface area (Å²) in [6.07, 6.45) is 9.23. The number of halogens is 2. The molecule has 4 aromatic carbocycles. The van der Waals surface area contributed by atoms with Gasteiger partial charge in [-0.3, -0.25) is 0 Å². The molecule has 2 aliphatic carbocycles. The molecular weight excluding hydrogens is 631 g/mol. The second kappa shape index (κ2) is 12.7. The molecule has 0 heterocycles. The van der Waals surface area contributed by atoms with E-state index in [9.17, 15) is 0 Å². The molecular formula is C39H42Cl2Zr. The average Bonchev–Trinajstić information content (AvgIpc) is 3.59. The predicted molar refractivity (Wildman–Crippen MR) is 184 cm³/mol. The fourth-order valence-electron chi connectivity index (χ4n) is 6.16. The van der Waals surface area contributed by atoms with Gasteiger partial charge in [0.15, 0.2) is 0 Å².